The van der Waals surface area contributed by atoms with E-state index in [1.54, 1.807) is 19.4 Å². The zero-order valence-corrected chi connectivity index (χ0v) is 12.3. The number of rotatable bonds is 3. The fourth-order valence-corrected chi connectivity index (χ4v) is 3.82. The van der Waals surface area contributed by atoms with Gasteiger partial charge in [-0.05, 0) is 24.8 Å². The zero-order valence-electron chi connectivity index (χ0n) is 10.7. The molecule has 0 spiro atoms. The van der Waals surface area contributed by atoms with E-state index in [-0.39, 0.29) is 4.88 Å². The summed E-state index contributed by atoms with van der Waals surface area (Å²) in [5.74, 6) is -0.948. The molecule has 1 N–H and O–H groups in total. The van der Waals surface area contributed by atoms with Crippen LogP contribution < -0.4 is 0 Å². The Balaban J connectivity index is 2.01. The minimum Gasteiger partial charge on any atom is -0.477 e. The van der Waals surface area contributed by atoms with Crippen LogP contribution in [0, 0.1) is 6.92 Å². The highest BCUT2D eigenvalue weighted by molar-refractivity contribution is 8.01. The van der Waals surface area contributed by atoms with E-state index in [4.69, 9.17) is 5.11 Å². The van der Waals surface area contributed by atoms with Crippen LogP contribution in [-0.4, -0.2) is 30.6 Å². The topological polar surface area (TPSA) is 80.9 Å². The third-order valence-corrected chi connectivity index (χ3v) is 4.96. The van der Waals surface area contributed by atoms with E-state index in [1.165, 1.54) is 11.8 Å². The van der Waals surface area contributed by atoms with Crippen LogP contribution in [0.3, 0.4) is 0 Å². The highest BCUT2D eigenvalue weighted by Crippen LogP contribution is 2.34. The molecule has 3 heterocycles. The third-order valence-electron chi connectivity index (χ3n) is 2.76. The smallest absolute Gasteiger partial charge is 0.347 e. The molecule has 3 rings (SSSR count). The van der Waals surface area contributed by atoms with Crippen molar-refractivity contribution >= 4 is 40.1 Å². The Morgan fingerprint density at radius 1 is 1.45 bits per heavy atom. The molecular weight excluding hydrogens is 296 g/mol. The maximum atomic E-state index is 11.0. The van der Waals surface area contributed by atoms with E-state index >= 15 is 0 Å². The van der Waals surface area contributed by atoms with E-state index in [0.717, 1.165) is 27.4 Å². The molecule has 0 aliphatic heterocycles. The summed E-state index contributed by atoms with van der Waals surface area (Å²) < 4.78 is 2.57. The lowest BCUT2D eigenvalue weighted by Crippen LogP contribution is -1.94. The van der Waals surface area contributed by atoms with Crippen LogP contribution in [0.2, 0.25) is 0 Å². The summed E-state index contributed by atoms with van der Waals surface area (Å²) in [6.07, 6.45) is 3.44. The number of aromatic nitrogens is 4. The highest BCUT2D eigenvalue weighted by Gasteiger charge is 2.16. The number of hydrogen-bond donors (Lipinski definition) is 1. The highest BCUT2D eigenvalue weighted by atomic mass is 32.2. The van der Waals surface area contributed by atoms with Crippen LogP contribution in [0.1, 0.15) is 15.4 Å². The number of aryl methyl sites for hydroxylation is 2. The molecule has 6 nitrogen and oxygen atoms in total. The van der Waals surface area contributed by atoms with Gasteiger partial charge in [-0.25, -0.2) is 19.7 Å². The fourth-order valence-electron chi connectivity index (χ4n) is 1.81. The molecule has 20 heavy (non-hydrogen) atoms. The molecule has 8 heteroatoms. The monoisotopic (exact) mass is 306 g/mol. The Morgan fingerprint density at radius 2 is 2.25 bits per heavy atom. The van der Waals surface area contributed by atoms with Crippen LogP contribution in [-0.2, 0) is 7.05 Å². The number of aromatic carboxylic acids is 1. The van der Waals surface area contributed by atoms with Gasteiger partial charge in [0.05, 0.1) is 17.5 Å². The Labute approximate surface area is 122 Å². The predicted octanol–water partition coefficient (Wildman–Crippen LogP) is 2.58. The van der Waals surface area contributed by atoms with Crippen molar-refractivity contribution in [2.24, 2.45) is 7.05 Å². The van der Waals surface area contributed by atoms with Crippen molar-refractivity contribution in [2.75, 3.05) is 0 Å². The SMILES string of the molecule is Cc1nc(Sc2nccc3c2ncn3C)sc1C(=O)O. The molecule has 0 saturated heterocycles. The molecule has 0 aliphatic rings. The van der Waals surface area contributed by atoms with Crippen molar-refractivity contribution in [1.82, 2.24) is 19.5 Å². The molecule has 3 aromatic rings. The van der Waals surface area contributed by atoms with E-state index in [2.05, 4.69) is 15.0 Å². The van der Waals surface area contributed by atoms with Crippen LogP contribution in [0.15, 0.2) is 28.0 Å². The maximum absolute atomic E-state index is 11.0. The lowest BCUT2D eigenvalue weighted by Gasteiger charge is -1.98. The Kier molecular flexibility index (Phi) is 3.19. The average molecular weight is 306 g/mol. The number of thiazole rings is 1. The number of fused-ring (bicyclic) bond motifs is 1. The number of carboxylic acid groups (broad SMARTS) is 1. The summed E-state index contributed by atoms with van der Waals surface area (Å²) in [6.45, 7) is 1.69. The number of nitrogens with zero attached hydrogens (tertiary/aromatic N) is 4. The van der Waals surface area contributed by atoms with E-state index in [9.17, 15) is 4.79 Å². The summed E-state index contributed by atoms with van der Waals surface area (Å²) >= 11 is 2.50. The summed E-state index contributed by atoms with van der Waals surface area (Å²) in [5, 5.41) is 9.78. The van der Waals surface area contributed by atoms with Gasteiger partial charge in [0.1, 0.15) is 15.4 Å². The molecule has 0 atom stereocenters. The second-order valence-electron chi connectivity index (χ2n) is 4.14. The number of carboxylic acids is 1. The summed E-state index contributed by atoms with van der Waals surface area (Å²) in [4.78, 5) is 24.2. The van der Waals surface area contributed by atoms with Gasteiger partial charge in [-0.15, -0.1) is 0 Å². The number of pyridine rings is 1. The first kappa shape index (κ1) is 13.1. The van der Waals surface area contributed by atoms with Gasteiger partial charge < -0.3 is 9.67 Å². The van der Waals surface area contributed by atoms with Crippen LogP contribution in [0.25, 0.3) is 11.0 Å². The third kappa shape index (κ3) is 2.16. The molecule has 0 bridgehead atoms. The molecule has 0 radical (unpaired) electrons. The molecule has 0 unspecified atom stereocenters. The van der Waals surface area contributed by atoms with Gasteiger partial charge in [0, 0.05) is 13.2 Å². The Hall–Kier alpha value is -1.93. The molecule has 0 fully saturated rings. The van der Waals surface area contributed by atoms with Crippen molar-refractivity contribution in [2.45, 2.75) is 16.3 Å². The van der Waals surface area contributed by atoms with Crippen LogP contribution in [0.5, 0.6) is 0 Å². The summed E-state index contributed by atoms with van der Waals surface area (Å²) in [6, 6.07) is 1.89. The van der Waals surface area contributed by atoms with Crippen LogP contribution in [0.4, 0.5) is 0 Å². The number of hydrogen-bond acceptors (Lipinski definition) is 6. The minimum absolute atomic E-state index is 0.265. The van der Waals surface area contributed by atoms with Crippen molar-refractivity contribution in [3.63, 3.8) is 0 Å². The van der Waals surface area contributed by atoms with Crippen molar-refractivity contribution in [3.8, 4) is 0 Å². The lowest BCUT2D eigenvalue weighted by molar-refractivity contribution is 0.0701. The molecule has 3 aromatic heterocycles. The molecule has 0 saturated carbocycles. The second kappa shape index (κ2) is 4.88. The Bertz CT molecular complexity index is 809. The molecular formula is C12H10N4O2S2. The van der Waals surface area contributed by atoms with Crippen LogP contribution >= 0.6 is 23.1 Å². The first-order chi connectivity index (χ1) is 9.56. The summed E-state index contributed by atoms with van der Waals surface area (Å²) in [5.41, 5.74) is 2.30. The van der Waals surface area contributed by atoms with Crippen molar-refractivity contribution < 1.29 is 9.90 Å². The second-order valence-corrected chi connectivity index (χ2v) is 6.38. The van der Waals surface area contributed by atoms with Crippen molar-refractivity contribution in [3.05, 3.63) is 29.2 Å². The van der Waals surface area contributed by atoms with Gasteiger partial charge in [-0.2, -0.15) is 0 Å². The maximum Gasteiger partial charge on any atom is 0.347 e. The zero-order chi connectivity index (χ0) is 14.3. The number of carbonyl (C=O) groups is 1. The molecule has 0 aromatic carbocycles. The Morgan fingerprint density at radius 3 is 2.95 bits per heavy atom. The standard InChI is InChI=1S/C12H10N4O2S2/c1-6-9(11(17)18)19-12(15-6)20-10-8-7(3-4-13-10)16(2)5-14-8/h3-5H,1-2H3,(H,17,18). The lowest BCUT2D eigenvalue weighted by atomic mass is 10.4. The largest absolute Gasteiger partial charge is 0.477 e. The first-order valence-electron chi connectivity index (χ1n) is 5.71. The molecule has 0 aliphatic carbocycles. The van der Waals surface area contributed by atoms with E-state index < -0.39 is 5.97 Å². The van der Waals surface area contributed by atoms with Gasteiger partial charge in [-0.1, -0.05) is 11.3 Å². The average Bonchev–Trinajstić information content (AvgIpc) is 2.95. The first-order valence-corrected chi connectivity index (χ1v) is 7.34. The van der Waals surface area contributed by atoms with Crippen molar-refractivity contribution in [1.29, 1.82) is 0 Å². The fraction of sp³-hybridized carbons (Fsp3) is 0.167. The summed E-state index contributed by atoms with van der Waals surface area (Å²) in [7, 11) is 1.92. The normalized spacial score (nSPS) is 11.1. The van der Waals surface area contributed by atoms with Gasteiger partial charge >= 0.3 is 5.97 Å². The van der Waals surface area contributed by atoms with Gasteiger partial charge in [0.15, 0.2) is 4.34 Å². The van der Waals surface area contributed by atoms with Gasteiger partial charge in [0.2, 0.25) is 0 Å². The van der Waals surface area contributed by atoms with Gasteiger partial charge in [0.25, 0.3) is 0 Å². The quantitative estimate of drug-likeness (QED) is 0.801. The van der Waals surface area contributed by atoms with E-state index in [1.807, 2.05) is 17.7 Å². The minimum atomic E-state index is -0.948. The van der Waals surface area contributed by atoms with E-state index in [0.29, 0.717) is 10.0 Å². The van der Waals surface area contributed by atoms with Gasteiger partial charge in [-0.3, -0.25) is 0 Å². The molecule has 0 amide bonds. The predicted molar refractivity (Wildman–Crippen MR) is 76.4 cm³/mol. The number of imidazole rings is 1. The molecule has 102 valence electrons.